The molecule has 5 nitrogen and oxygen atoms in total. The van der Waals surface area contributed by atoms with Crippen molar-refractivity contribution in [3.8, 4) is 5.75 Å². The molecular weight excluding hydrogens is 326 g/mol. The zero-order valence-corrected chi connectivity index (χ0v) is 15.4. The monoisotopic (exact) mass is 353 g/mol. The van der Waals surface area contributed by atoms with Gasteiger partial charge in [0, 0.05) is 44.3 Å². The molecule has 134 valence electrons. The van der Waals surface area contributed by atoms with E-state index in [-0.39, 0.29) is 11.9 Å². The van der Waals surface area contributed by atoms with Crippen molar-refractivity contribution in [2.75, 3.05) is 45.9 Å². The Morgan fingerprint density at radius 2 is 1.92 bits per heavy atom. The van der Waals surface area contributed by atoms with E-state index in [0.717, 1.165) is 56.5 Å². The minimum atomic E-state index is -0.0518. The highest BCUT2D eigenvalue weighted by Crippen LogP contribution is 2.15. The number of halogens is 1. The molecule has 0 spiro atoms. The van der Waals surface area contributed by atoms with Gasteiger partial charge in [0.25, 0.3) is 0 Å². The molecule has 1 aromatic rings. The van der Waals surface area contributed by atoms with Crippen molar-refractivity contribution >= 4 is 17.5 Å². The molecule has 24 heavy (non-hydrogen) atoms. The lowest BCUT2D eigenvalue weighted by Crippen LogP contribution is -2.54. The first-order valence-electron chi connectivity index (χ1n) is 8.72. The Morgan fingerprint density at radius 1 is 1.25 bits per heavy atom. The average Bonchev–Trinajstić information content (AvgIpc) is 2.61. The SMILES string of the molecule is CCCNC(=O)C(C)N1CCN(CCOc2ccc(Cl)cc2)CC1. The molecule has 0 bridgehead atoms. The van der Waals surface area contributed by atoms with Crippen LogP contribution in [0.15, 0.2) is 24.3 Å². The van der Waals surface area contributed by atoms with Crippen LogP contribution < -0.4 is 10.1 Å². The Morgan fingerprint density at radius 3 is 2.54 bits per heavy atom. The van der Waals surface area contributed by atoms with E-state index in [1.807, 2.05) is 31.2 Å². The van der Waals surface area contributed by atoms with Gasteiger partial charge < -0.3 is 10.1 Å². The van der Waals surface area contributed by atoms with Crippen LogP contribution in [0.2, 0.25) is 5.02 Å². The molecule has 2 rings (SSSR count). The fraction of sp³-hybridized carbons (Fsp3) is 0.611. The van der Waals surface area contributed by atoms with E-state index < -0.39 is 0 Å². The number of carbonyl (C=O) groups excluding carboxylic acids is 1. The Kier molecular flexibility index (Phi) is 7.82. The van der Waals surface area contributed by atoms with E-state index >= 15 is 0 Å². The highest BCUT2D eigenvalue weighted by Gasteiger charge is 2.25. The van der Waals surface area contributed by atoms with Crippen LogP contribution in [0, 0.1) is 0 Å². The number of amides is 1. The van der Waals surface area contributed by atoms with Crippen LogP contribution in [0.5, 0.6) is 5.75 Å². The summed E-state index contributed by atoms with van der Waals surface area (Å²) in [5, 5.41) is 3.69. The lowest BCUT2D eigenvalue weighted by Gasteiger charge is -2.37. The smallest absolute Gasteiger partial charge is 0.237 e. The Hall–Kier alpha value is -1.30. The average molecular weight is 354 g/mol. The minimum absolute atomic E-state index is 0.0518. The van der Waals surface area contributed by atoms with Crippen molar-refractivity contribution in [2.45, 2.75) is 26.3 Å². The maximum Gasteiger partial charge on any atom is 0.237 e. The number of nitrogens with zero attached hydrogens (tertiary/aromatic N) is 2. The second kappa shape index (κ2) is 9.87. The van der Waals surface area contributed by atoms with Gasteiger partial charge in [0.1, 0.15) is 12.4 Å². The van der Waals surface area contributed by atoms with Crippen LogP contribution in [-0.4, -0.2) is 67.6 Å². The van der Waals surface area contributed by atoms with Crippen molar-refractivity contribution in [1.29, 1.82) is 0 Å². The molecule has 1 aliphatic heterocycles. The van der Waals surface area contributed by atoms with Gasteiger partial charge in [0.15, 0.2) is 0 Å². The maximum absolute atomic E-state index is 12.0. The first-order valence-corrected chi connectivity index (χ1v) is 9.10. The fourth-order valence-electron chi connectivity index (χ4n) is 2.76. The lowest BCUT2D eigenvalue weighted by atomic mass is 10.2. The number of benzene rings is 1. The molecule has 0 aliphatic carbocycles. The third-order valence-corrected chi connectivity index (χ3v) is 4.63. The molecule has 6 heteroatoms. The van der Waals surface area contributed by atoms with E-state index in [4.69, 9.17) is 16.3 Å². The largest absolute Gasteiger partial charge is 0.492 e. The summed E-state index contributed by atoms with van der Waals surface area (Å²) in [6.45, 7) is 10.1. The molecule has 1 aliphatic rings. The maximum atomic E-state index is 12.0. The number of rotatable bonds is 8. The molecule has 0 radical (unpaired) electrons. The second-order valence-electron chi connectivity index (χ2n) is 6.15. The predicted molar refractivity (Wildman–Crippen MR) is 97.7 cm³/mol. The van der Waals surface area contributed by atoms with Gasteiger partial charge in [-0.3, -0.25) is 14.6 Å². The number of piperazine rings is 1. The number of carbonyl (C=O) groups is 1. The van der Waals surface area contributed by atoms with E-state index in [2.05, 4.69) is 22.0 Å². The molecule has 1 atom stereocenters. The summed E-state index contributed by atoms with van der Waals surface area (Å²) in [5.41, 5.74) is 0. The van der Waals surface area contributed by atoms with Gasteiger partial charge in [-0.05, 0) is 37.6 Å². The van der Waals surface area contributed by atoms with Crippen LogP contribution in [0.3, 0.4) is 0 Å². The highest BCUT2D eigenvalue weighted by molar-refractivity contribution is 6.30. The Labute approximate surface area is 149 Å². The Balaban J connectivity index is 1.65. The molecule has 1 saturated heterocycles. The zero-order chi connectivity index (χ0) is 17.4. The summed E-state index contributed by atoms with van der Waals surface area (Å²) in [7, 11) is 0. The van der Waals surface area contributed by atoms with Crippen molar-refractivity contribution in [3.05, 3.63) is 29.3 Å². The fourth-order valence-corrected chi connectivity index (χ4v) is 2.89. The molecule has 1 heterocycles. The molecule has 1 fully saturated rings. The summed E-state index contributed by atoms with van der Waals surface area (Å²) in [5.74, 6) is 0.982. The zero-order valence-electron chi connectivity index (χ0n) is 14.6. The standard InChI is InChI=1S/C18H28ClN3O2/c1-3-8-20-18(23)15(2)22-11-9-21(10-12-22)13-14-24-17-6-4-16(19)5-7-17/h4-7,15H,3,8-14H2,1-2H3,(H,20,23). The number of ether oxygens (including phenoxy) is 1. The molecule has 1 aromatic carbocycles. The van der Waals surface area contributed by atoms with Crippen LogP contribution >= 0.6 is 11.6 Å². The summed E-state index contributed by atoms with van der Waals surface area (Å²) in [6, 6.07) is 7.39. The van der Waals surface area contributed by atoms with E-state index in [0.29, 0.717) is 6.61 Å². The van der Waals surface area contributed by atoms with Gasteiger partial charge in [-0.15, -0.1) is 0 Å². The summed E-state index contributed by atoms with van der Waals surface area (Å²) < 4.78 is 5.74. The predicted octanol–water partition coefficient (Wildman–Crippen LogP) is 2.25. The molecule has 1 N–H and O–H groups in total. The van der Waals surface area contributed by atoms with Gasteiger partial charge in [0.05, 0.1) is 6.04 Å². The van der Waals surface area contributed by atoms with Gasteiger partial charge in [-0.25, -0.2) is 0 Å². The highest BCUT2D eigenvalue weighted by atomic mass is 35.5. The molecule has 1 amide bonds. The van der Waals surface area contributed by atoms with Crippen molar-refractivity contribution in [1.82, 2.24) is 15.1 Å². The van der Waals surface area contributed by atoms with E-state index in [9.17, 15) is 4.79 Å². The van der Waals surface area contributed by atoms with Crippen molar-refractivity contribution in [3.63, 3.8) is 0 Å². The van der Waals surface area contributed by atoms with Crippen molar-refractivity contribution in [2.24, 2.45) is 0 Å². The molecule has 0 saturated carbocycles. The number of nitrogens with one attached hydrogen (secondary N) is 1. The molecular formula is C18H28ClN3O2. The van der Waals surface area contributed by atoms with Crippen molar-refractivity contribution < 1.29 is 9.53 Å². The van der Waals surface area contributed by atoms with Crippen LogP contribution in [-0.2, 0) is 4.79 Å². The second-order valence-corrected chi connectivity index (χ2v) is 6.58. The quantitative estimate of drug-likeness (QED) is 0.778. The first kappa shape index (κ1) is 19.0. The van der Waals surface area contributed by atoms with Gasteiger partial charge in [-0.1, -0.05) is 18.5 Å². The first-order chi connectivity index (χ1) is 11.6. The minimum Gasteiger partial charge on any atom is -0.492 e. The van der Waals surface area contributed by atoms with Crippen LogP contribution in [0.1, 0.15) is 20.3 Å². The van der Waals surface area contributed by atoms with Gasteiger partial charge >= 0.3 is 0 Å². The number of hydrogen-bond acceptors (Lipinski definition) is 4. The Bertz CT molecular complexity index is 501. The number of hydrogen-bond donors (Lipinski definition) is 1. The van der Waals surface area contributed by atoms with Crippen LogP contribution in [0.25, 0.3) is 0 Å². The topological polar surface area (TPSA) is 44.8 Å². The van der Waals surface area contributed by atoms with Crippen LogP contribution in [0.4, 0.5) is 0 Å². The summed E-state index contributed by atoms with van der Waals surface area (Å²) >= 11 is 5.86. The van der Waals surface area contributed by atoms with E-state index in [1.54, 1.807) is 0 Å². The molecule has 0 aromatic heterocycles. The van der Waals surface area contributed by atoms with E-state index in [1.165, 1.54) is 0 Å². The normalized spacial score (nSPS) is 17.5. The lowest BCUT2D eigenvalue weighted by molar-refractivity contribution is -0.126. The summed E-state index contributed by atoms with van der Waals surface area (Å²) in [4.78, 5) is 16.7. The third-order valence-electron chi connectivity index (χ3n) is 4.37. The summed E-state index contributed by atoms with van der Waals surface area (Å²) in [6.07, 6.45) is 0.972. The van der Waals surface area contributed by atoms with Gasteiger partial charge in [-0.2, -0.15) is 0 Å². The third kappa shape index (κ3) is 5.96. The van der Waals surface area contributed by atoms with Gasteiger partial charge in [0.2, 0.25) is 5.91 Å². The molecule has 1 unspecified atom stereocenters.